The highest BCUT2D eigenvalue weighted by Crippen LogP contribution is 2.19. The third-order valence-electron chi connectivity index (χ3n) is 4.56. The largest absolute Gasteiger partial charge is 0.301 e. The van der Waals surface area contributed by atoms with Crippen LogP contribution in [0.3, 0.4) is 0 Å². The first kappa shape index (κ1) is 13.1. The maximum absolute atomic E-state index is 2.69. The highest BCUT2D eigenvalue weighted by atomic mass is 15.3. The lowest BCUT2D eigenvalue weighted by Gasteiger charge is -2.48. The van der Waals surface area contributed by atoms with Crippen LogP contribution in [-0.2, 0) is 6.54 Å². The van der Waals surface area contributed by atoms with Crippen molar-refractivity contribution in [3.05, 3.63) is 35.9 Å². The van der Waals surface area contributed by atoms with Gasteiger partial charge in [0.25, 0.3) is 0 Å². The van der Waals surface area contributed by atoms with Crippen LogP contribution in [0.5, 0.6) is 0 Å². The van der Waals surface area contributed by atoms with Gasteiger partial charge in [0, 0.05) is 51.9 Å². The number of benzene rings is 1. The van der Waals surface area contributed by atoms with Gasteiger partial charge in [-0.05, 0) is 12.1 Å². The molecule has 0 saturated carbocycles. The van der Waals surface area contributed by atoms with E-state index in [9.17, 15) is 0 Å². The first-order valence-corrected chi connectivity index (χ1v) is 7.58. The van der Waals surface area contributed by atoms with Crippen molar-refractivity contribution in [2.45, 2.75) is 19.5 Å². The zero-order valence-electron chi connectivity index (χ0n) is 12.0. The fraction of sp³-hybridized carbons (Fsp3) is 0.625. The average Bonchev–Trinajstić information content (AvgIpc) is 2.44. The maximum atomic E-state index is 2.69. The molecule has 3 rings (SSSR count). The van der Waals surface area contributed by atoms with Crippen LogP contribution in [0.25, 0.3) is 0 Å². The molecule has 0 atom stereocenters. The van der Waals surface area contributed by atoms with Crippen molar-refractivity contribution in [3.63, 3.8) is 0 Å². The Hall–Kier alpha value is -0.900. The van der Waals surface area contributed by atoms with Crippen molar-refractivity contribution >= 4 is 0 Å². The lowest BCUT2D eigenvalue weighted by Crippen LogP contribution is -2.62. The second-order valence-electron chi connectivity index (χ2n) is 5.80. The monoisotopic (exact) mass is 259 g/mol. The van der Waals surface area contributed by atoms with Gasteiger partial charge >= 0.3 is 0 Å². The van der Waals surface area contributed by atoms with Crippen LogP contribution < -0.4 is 0 Å². The lowest BCUT2D eigenvalue weighted by atomic mass is 10.0. The fourth-order valence-electron chi connectivity index (χ4n) is 3.19. The summed E-state index contributed by atoms with van der Waals surface area (Å²) in [7, 11) is 0. The minimum Gasteiger partial charge on any atom is -0.301 e. The van der Waals surface area contributed by atoms with Crippen molar-refractivity contribution < 1.29 is 0 Å². The Labute approximate surface area is 116 Å². The van der Waals surface area contributed by atoms with Crippen LogP contribution in [0, 0.1) is 0 Å². The molecule has 1 aromatic carbocycles. The summed E-state index contributed by atoms with van der Waals surface area (Å²) in [4.78, 5) is 7.80. The smallest absolute Gasteiger partial charge is 0.0351 e. The van der Waals surface area contributed by atoms with E-state index in [0.29, 0.717) is 0 Å². The van der Waals surface area contributed by atoms with Crippen LogP contribution in [-0.4, -0.2) is 66.6 Å². The fourth-order valence-corrected chi connectivity index (χ4v) is 3.19. The van der Waals surface area contributed by atoms with Crippen LogP contribution in [0.4, 0.5) is 0 Å². The van der Waals surface area contributed by atoms with Gasteiger partial charge in [-0.15, -0.1) is 0 Å². The van der Waals surface area contributed by atoms with Crippen molar-refractivity contribution in [2.75, 3.05) is 45.8 Å². The van der Waals surface area contributed by atoms with Crippen molar-refractivity contribution in [2.24, 2.45) is 0 Å². The zero-order chi connectivity index (χ0) is 13.1. The van der Waals surface area contributed by atoms with Gasteiger partial charge in [0.05, 0.1) is 0 Å². The zero-order valence-corrected chi connectivity index (χ0v) is 12.0. The number of likely N-dealkylation sites (N-methyl/N-ethyl adjacent to an activating group) is 1. The molecule has 2 fully saturated rings. The molecule has 0 radical (unpaired) electrons. The van der Waals surface area contributed by atoms with Gasteiger partial charge in [-0.3, -0.25) is 9.80 Å². The van der Waals surface area contributed by atoms with E-state index in [1.807, 2.05) is 0 Å². The highest BCUT2D eigenvalue weighted by molar-refractivity contribution is 5.15. The molecule has 0 spiro atoms. The standard InChI is InChI=1S/C16H25N3/c1-2-17-8-10-19(11-9-17)16-13-18(14-16)12-15-6-4-3-5-7-15/h3-7,16H,2,8-14H2,1H3. The SMILES string of the molecule is CCN1CCN(C2CN(Cc3ccccc3)C2)CC1. The predicted molar refractivity (Wildman–Crippen MR) is 79.2 cm³/mol. The topological polar surface area (TPSA) is 9.72 Å². The third kappa shape index (κ3) is 3.16. The minimum absolute atomic E-state index is 0.808. The number of likely N-dealkylation sites (tertiary alicyclic amines) is 1. The second-order valence-corrected chi connectivity index (χ2v) is 5.80. The van der Waals surface area contributed by atoms with Crippen LogP contribution in [0.1, 0.15) is 12.5 Å². The number of hydrogen-bond donors (Lipinski definition) is 0. The summed E-state index contributed by atoms with van der Waals surface area (Å²) in [5.41, 5.74) is 1.44. The van der Waals surface area contributed by atoms with Crippen molar-refractivity contribution in [3.8, 4) is 0 Å². The highest BCUT2D eigenvalue weighted by Gasteiger charge is 2.32. The molecule has 3 nitrogen and oxygen atoms in total. The van der Waals surface area contributed by atoms with Gasteiger partial charge in [0.2, 0.25) is 0 Å². The van der Waals surface area contributed by atoms with E-state index in [1.54, 1.807) is 0 Å². The number of rotatable bonds is 4. The number of hydrogen-bond acceptors (Lipinski definition) is 3. The summed E-state index contributed by atoms with van der Waals surface area (Å²) in [5, 5.41) is 0. The Morgan fingerprint density at radius 1 is 0.947 bits per heavy atom. The van der Waals surface area contributed by atoms with Crippen LogP contribution in [0.15, 0.2) is 30.3 Å². The summed E-state index contributed by atoms with van der Waals surface area (Å²) in [6.45, 7) is 12.1. The molecule has 0 amide bonds. The molecule has 19 heavy (non-hydrogen) atoms. The van der Waals surface area contributed by atoms with Gasteiger partial charge < -0.3 is 4.90 Å². The predicted octanol–water partition coefficient (Wildman–Crippen LogP) is 1.51. The van der Waals surface area contributed by atoms with Crippen LogP contribution in [0.2, 0.25) is 0 Å². The van der Waals surface area contributed by atoms with Crippen molar-refractivity contribution in [1.82, 2.24) is 14.7 Å². The molecular formula is C16H25N3. The number of piperazine rings is 1. The van der Waals surface area contributed by atoms with Crippen LogP contribution >= 0.6 is 0 Å². The van der Waals surface area contributed by atoms with Gasteiger partial charge in [-0.2, -0.15) is 0 Å². The molecule has 1 aromatic rings. The van der Waals surface area contributed by atoms with E-state index in [2.05, 4.69) is 52.0 Å². The molecule has 104 valence electrons. The Morgan fingerprint density at radius 2 is 1.63 bits per heavy atom. The van der Waals surface area contributed by atoms with Gasteiger partial charge in [-0.25, -0.2) is 0 Å². The van der Waals surface area contributed by atoms with E-state index in [1.165, 1.54) is 51.4 Å². The molecule has 2 aliphatic rings. The maximum Gasteiger partial charge on any atom is 0.0351 e. The number of nitrogens with zero attached hydrogens (tertiary/aromatic N) is 3. The second kappa shape index (κ2) is 6.04. The molecule has 0 N–H and O–H groups in total. The quantitative estimate of drug-likeness (QED) is 0.811. The molecular weight excluding hydrogens is 234 g/mol. The summed E-state index contributed by atoms with van der Waals surface area (Å²) >= 11 is 0. The van der Waals surface area contributed by atoms with E-state index in [-0.39, 0.29) is 0 Å². The molecule has 2 aliphatic heterocycles. The lowest BCUT2D eigenvalue weighted by molar-refractivity contribution is 0.00212. The van der Waals surface area contributed by atoms with E-state index < -0.39 is 0 Å². The average molecular weight is 259 g/mol. The summed E-state index contributed by atoms with van der Waals surface area (Å²) in [6, 6.07) is 11.6. The minimum atomic E-state index is 0.808. The van der Waals surface area contributed by atoms with E-state index in [0.717, 1.165) is 12.6 Å². The van der Waals surface area contributed by atoms with Gasteiger partial charge in [0.15, 0.2) is 0 Å². The molecule has 0 aliphatic carbocycles. The Balaban J connectivity index is 1.41. The normalized spacial score (nSPS) is 23.4. The van der Waals surface area contributed by atoms with Gasteiger partial charge in [-0.1, -0.05) is 37.3 Å². The summed E-state index contributed by atoms with van der Waals surface area (Å²) in [5.74, 6) is 0. The Bertz CT molecular complexity index is 378. The molecule has 3 heteroatoms. The van der Waals surface area contributed by atoms with Crippen molar-refractivity contribution in [1.29, 1.82) is 0 Å². The molecule has 2 saturated heterocycles. The Morgan fingerprint density at radius 3 is 2.26 bits per heavy atom. The third-order valence-corrected chi connectivity index (χ3v) is 4.56. The van der Waals surface area contributed by atoms with E-state index >= 15 is 0 Å². The summed E-state index contributed by atoms with van der Waals surface area (Å²) < 4.78 is 0. The first-order chi connectivity index (χ1) is 9.35. The molecule has 0 unspecified atom stereocenters. The van der Waals surface area contributed by atoms with Gasteiger partial charge in [0.1, 0.15) is 0 Å². The molecule has 0 bridgehead atoms. The van der Waals surface area contributed by atoms with E-state index in [4.69, 9.17) is 0 Å². The first-order valence-electron chi connectivity index (χ1n) is 7.58. The molecule has 0 aromatic heterocycles. The Kier molecular flexibility index (Phi) is 4.16. The summed E-state index contributed by atoms with van der Waals surface area (Å²) in [6.07, 6.45) is 0. The molecule has 2 heterocycles.